The van der Waals surface area contributed by atoms with Gasteiger partial charge >= 0.3 is 0 Å². The summed E-state index contributed by atoms with van der Waals surface area (Å²) >= 11 is 0. The predicted octanol–water partition coefficient (Wildman–Crippen LogP) is 2.66. The highest BCUT2D eigenvalue weighted by Gasteiger charge is 2.28. The maximum absolute atomic E-state index is 12.5. The molecule has 0 saturated carbocycles. The summed E-state index contributed by atoms with van der Waals surface area (Å²) in [4.78, 5) is 27.8. The van der Waals surface area contributed by atoms with Gasteiger partial charge < -0.3 is 10.2 Å². The lowest BCUT2D eigenvalue weighted by molar-refractivity contribution is 0.0786. The van der Waals surface area contributed by atoms with E-state index in [-0.39, 0.29) is 11.9 Å². The van der Waals surface area contributed by atoms with E-state index in [0.717, 1.165) is 29.0 Å². The number of benzene rings is 1. The summed E-state index contributed by atoms with van der Waals surface area (Å²) in [6, 6.07) is 13.4. The minimum atomic E-state index is -0.0220. The van der Waals surface area contributed by atoms with Crippen molar-refractivity contribution in [1.29, 1.82) is 0 Å². The largest absolute Gasteiger partial charge is 0.364 e. The van der Waals surface area contributed by atoms with Crippen LogP contribution in [0.15, 0.2) is 48.7 Å². The third kappa shape index (κ3) is 3.15. The lowest BCUT2D eigenvalue weighted by atomic mass is 10.2. The van der Waals surface area contributed by atoms with Gasteiger partial charge in [-0.05, 0) is 37.6 Å². The van der Waals surface area contributed by atoms with Gasteiger partial charge in [0.25, 0.3) is 5.91 Å². The first-order chi connectivity index (χ1) is 12.2. The number of carbonyl (C=O) groups is 1. The van der Waals surface area contributed by atoms with Crippen LogP contribution in [0.25, 0.3) is 11.0 Å². The average Bonchev–Trinajstić information content (AvgIpc) is 3.11. The number of hydrogen-bond acceptors (Lipinski definition) is 5. The van der Waals surface area contributed by atoms with E-state index in [0.29, 0.717) is 18.8 Å². The Morgan fingerprint density at radius 1 is 1.12 bits per heavy atom. The number of pyridine rings is 1. The van der Waals surface area contributed by atoms with E-state index in [1.807, 2.05) is 48.2 Å². The van der Waals surface area contributed by atoms with E-state index in [2.05, 4.69) is 20.3 Å². The number of aryl methyl sites for hydroxylation is 1. The van der Waals surface area contributed by atoms with Gasteiger partial charge in [-0.2, -0.15) is 0 Å². The van der Waals surface area contributed by atoms with Crippen LogP contribution in [0.2, 0.25) is 0 Å². The molecule has 0 aliphatic carbocycles. The topological polar surface area (TPSA) is 71.0 Å². The Hall–Kier alpha value is -3.02. The van der Waals surface area contributed by atoms with Crippen LogP contribution in [0.4, 0.5) is 5.82 Å². The van der Waals surface area contributed by atoms with Crippen molar-refractivity contribution < 1.29 is 4.79 Å². The molecular weight excluding hydrogens is 314 g/mol. The number of amides is 1. The predicted molar refractivity (Wildman–Crippen MR) is 96.4 cm³/mol. The number of rotatable bonds is 3. The van der Waals surface area contributed by atoms with E-state index in [4.69, 9.17) is 0 Å². The zero-order valence-corrected chi connectivity index (χ0v) is 14.0. The normalized spacial score (nSPS) is 17.0. The fourth-order valence-electron chi connectivity index (χ4n) is 3.13. The molecule has 0 bridgehead atoms. The number of para-hydroxylation sites is 2. The molecule has 25 heavy (non-hydrogen) atoms. The second-order valence-corrected chi connectivity index (χ2v) is 6.24. The molecule has 1 amide bonds. The summed E-state index contributed by atoms with van der Waals surface area (Å²) < 4.78 is 0. The Morgan fingerprint density at radius 2 is 1.88 bits per heavy atom. The zero-order valence-electron chi connectivity index (χ0n) is 14.0. The Labute approximate surface area is 145 Å². The number of anilines is 1. The van der Waals surface area contributed by atoms with Gasteiger partial charge in [0.2, 0.25) is 0 Å². The maximum atomic E-state index is 12.5. The highest BCUT2D eigenvalue weighted by atomic mass is 16.2. The van der Waals surface area contributed by atoms with Gasteiger partial charge in [0.05, 0.1) is 16.7 Å². The lowest BCUT2D eigenvalue weighted by Crippen LogP contribution is -2.32. The summed E-state index contributed by atoms with van der Waals surface area (Å²) in [5, 5.41) is 3.45. The molecule has 0 radical (unpaired) electrons. The molecule has 1 aliphatic rings. The minimum Gasteiger partial charge on any atom is -0.364 e. The molecule has 3 heterocycles. The molecular formula is C19H19N5O. The second kappa shape index (κ2) is 6.47. The Bertz CT molecular complexity index is 912. The molecule has 1 atom stereocenters. The van der Waals surface area contributed by atoms with Gasteiger partial charge in [0, 0.05) is 25.3 Å². The van der Waals surface area contributed by atoms with Crippen molar-refractivity contribution in [3.8, 4) is 0 Å². The van der Waals surface area contributed by atoms with Crippen molar-refractivity contribution in [3.63, 3.8) is 0 Å². The molecule has 6 nitrogen and oxygen atoms in total. The van der Waals surface area contributed by atoms with Gasteiger partial charge in [0.1, 0.15) is 11.5 Å². The third-order valence-electron chi connectivity index (χ3n) is 4.45. The maximum Gasteiger partial charge on any atom is 0.272 e. The molecule has 1 fully saturated rings. The fourth-order valence-corrected chi connectivity index (χ4v) is 3.13. The molecule has 1 unspecified atom stereocenters. The standard InChI is InChI=1S/C19H19N5O/c1-13-18(23-16-7-3-2-6-15(16)21-13)22-14-9-11-24(12-14)19(25)17-8-4-5-10-20-17/h2-8,10,14H,9,11-12H2,1H3,(H,22,23). The van der Waals surface area contributed by atoms with Crippen LogP contribution >= 0.6 is 0 Å². The van der Waals surface area contributed by atoms with Crippen LogP contribution in [0.1, 0.15) is 22.6 Å². The van der Waals surface area contributed by atoms with E-state index >= 15 is 0 Å². The highest BCUT2D eigenvalue weighted by molar-refractivity contribution is 5.92. The second-order valence-electron chi connectivity index (χ2n) is 6.24. The van der Waals surface area contributed by atoms with Gasteiger partial charge in [-0.1, -0.05) is 18.2 Å². The number of carbonyl (C=O) groups excluding carboxylic acids is 1. The van der Waals surface area contributed by atoms with Gasteiger partial charge in [-0.3, -0.25) is 9.78 Å². The summed E-state index contributed by atoms with van der Waals surface area (Å²) in [7, 11) is 0. The molecule has 0 spiro atoms. The van der Waals surface area contributed by atoms with Crippen molar-refractivity contribution in [1.82, 2.24) is 19.9 Å². The van der Waals surface area contributed by atoms with Crippen molar-refractivity contribution in [2.75, 3.05) is 18.4 Å². The first kappa shape index (κ1) is 15.5. The molecule has 1 saturated heterocycles. The van der Waals surface area contributed by atoms with Crippen molar-refractivity contribution in [2.24, 2.45) is 0 Å². The van der Waals surface area contributed by atoms with E-state index in [9.17, 15) is 4.79 Å². The summed E-state index contributed by atoms with van der Waals surface area (Å²) in [6.07, 6.45) is 2.53. The zero-order chi connectivity index (χ0) is 17.2. The monoisotopic (exact) mass is 333 g/mol. The number of fused-ring (bicyclic) bond motifs is 1. The first-order valence-electron chi connectivity index (χ1n) is 8.41. The Balaban J connectivity index is 1.48. The van der Waals surface area contributed by atoms with E-state index in [1.165, 1.54) is 0 Å². The fraction of sp³-hybridized carbons (Fsp3) is 0.263. The molecule has 4 rings (SSSR count). The van der Waals surface area contributed by atoms with Crippen LogP contribution in [-0.4, -0.2) is 44.9 Å². The first-order valence-corrected chi connectivity index (χ1v) is 8.41. The van der Waals surface area contributed by atoms with E-state index < -0.39 is 0 Å². The number of likely N-dealkylation sites (tertiary alicyclic amines) is 1. The summed E-state index contributed by atoms with van der Waals surface area (Å²) in [5.74, 6) is 0.766. The quantitative estimate of drug-likeness (QED) is 0.798. The number of aromatic nitrogens is 3. The van der Waals surface area contributed by atoms with Crippen molar-refractivity contribution in [2.45, 2.75) is 19.4 Å². The summed E-state index contributed by atoms with van der Waals surface area (Å²) in [5.41, 5.74) is 3.12. The minimum absolute atomic E-state index is 0.0220. The lowest BCUT2D eigenvalue weighted by Gasteiger charge is -2.18. The Kier molecular flexibility index (Phi) is 4.01. The highest BCUT2D eigenvalue weighted by Crippen LogP contribution is 2.20. The van der Waals surface area contributed by atoms with Crippen LogP contribution in [0, 0.1) is 6.92 Å². The molecule has 2 aromatic heterocycles. The van der Waals surface area contributed by atoms with Crippen molar-refractivity contribution >= 4 is 22.8 Å². The number of hydrogen-bond donors (Lipinski definition) is 1. The third-order valence-corrected chi connectivity index (χ3v) is 4.45. The number of nitrogens with zero attached hydrogens (tertiary/aromatic N) is 4. The SMILES string of the molecule is Cc1nc2ccccc2nc1NC1CCN(C(=O)c2ccccn2)C1. The van der Waals surface area contributed by atoms with Crippen LogP contribution in [0.5, 0.6) is 0 Å². The molecule has 126 valence electrons. The molecule has 1 aliphatic heterocycles. The van der Waals surface area contributed by atoms with Crippen LogP contribution in [0.3, 0.4) is 0 Å². The van der Waals surface area contributed by atoms with Gasteiger partial charge in [-0.25, -0.2) is 9.97 Å². The smallest absolute Gasteiger partial charge is 0.272 e. The molecule has 1 N–H and O–H groups in total. The van der Waals surface area contributed by atoms with Crippen LogP contribution in [-0.2, 0) is 0 Å². The summed E-state index contributed by atoms with van der Waals surface area (Å²) in [6.45, 7) is 3.31. The molecule has 6 heteroatoms. The molecule has 3 aromatic rings. The van der Waals surface area contributed by atoms with Crippen LogP contribution < -0.4 is 5.32 Å². The number of nitrogens with one attached hydrogen (secondary N) is 1. The van der Waals surface area contributed by atoms with Crippen molar-refractivity contribution in [3.05, 3.63) is 60.0 Å². The van der Waals surface area contributed by atoms with Gasteiger partial charge in [-0.15, -0.1) is 0 Å². The van der Waals surface area contributed by atoms with Gasteiger partial charge in [0.15, 0.2) is 0 Å². The Morgan fingerprint density at radius 3 is 2.64 bits per heavy atom. The van der Waals surface area contributed by atoms with E-state index in [1.54, 1.807) is 12.3 Å². The molecule has 1 aromatic carbocycles. The average molecular weight is 333 g/mol.